The van der Waals surface area contributed by atoms with E-state index in [9.17, 15) is 18.0 Å². The highest BCUT2D eigenvalue weighted by molar-refractivity contribution is 7.88. The summed E-state index contributed by atoms with van der Waals surface area (Å²) in [6.07, 6.45) is 1.77. The van der Waals surface area contributed by atoms with Gasteiger partial charge in [0, 0.05) is 26.2 Å². The molecule has 0 aliphatic carbocycles. The molecule has 1 rings (SSSR count). The molecule has 0 aromatic heterocycles. The Bertz CT molecular complexity index is 485. The molecule has 9 heteroatoms. The summed E-state index contributed by atoms with van der Waals surface area (Å²) in [6, 6.07) is -1.40. The second-order valence-electron chi connectivity index (χ2n) is 5.30. The number of sulfonamides is 1. The van der Waals surface area contributed by atoms with Crippen LogP contribution in [0.2, 0.25) is 0 Å². The normalized spacial score (nSPS) is 19.9. The van der Waals surface area contributed by atoms with Crippen LogP contribution in [-0.2, 0) is 14.8 Å². The molecule has 0 saturated carbocycles. The van der Waals surface area contributed by atoms with E-state index in [4.69, 9.17) is 5.11 Å². The average molecular weight is 321 g/mol. The van der Waals surface area contributed by atoms with Crippen LogP contribution in [0.15, 0.2) is 0 Å². The first-order valence-corrected chi connectivity index (χ1v) is 8.75. The molecule has 0 spiro atoms. The molecule has 0 bridgehead atoms. The van der Waals surface area contributed by atoms with Gasteiger partial charge in [-0.15, -0.1) is 0 Å². The molecular formula is C12H23N3O5S. The third kappa shape index (κ3) is 4.85. The summed E-state index contributed by atoms with van der Waals surface area (Å²) in [4.78, 5) is 24.7. The number of carbonyl (C=O) groups is 2. The maximum Gasteiger partial charge on any atom is 0.326 e. The Morgan fingerprint density at radius 2 is 1.76 bits per heavy atom. The first-order valence-electron chi connectivity index (χ1n) is 6.90. The first-order chi connectivity index (χ1) is 9.66. The monoisotopic (exact) mass is 321 g/mol. The fourth-order valence-corrected chi connectivity index (χ4v) is 2.96. The summed E-state index contributed by atoms with van der Waals surface area (Å²) >= 11 is 0. The van der Waals surface area contributed by atoms with Gasteiger partial charge in [-0.25, -0.2) is 18.0 Å². The van der Waals surface area contributed by atoms with E-state index in [1.165, 1.54) is 9.21 Å². The summed E-state index contributed by atoms with van der Waals surface area (Å²) in [5.74, 6) is -1.24. The standard InChI is InChI=1S/C12H23N3O5S/c1-4-9(2)10(11(16)17)13-12(18)14-5-7-15(8-6-14)21(3,19)20/h9-10H,4-8H2,1-3H3,(H,13,18)(H,16,17)/t9?,10-/m0/s1. The molecule has 8 nitrogen and oxygen atoms in total. The number of aliphatic carboxylic acids is 1. The first kappa shape index (κ1) is 17.7. The second-order valence-corrected chi connectivity index (χ2v) is 7.28. The van der Waals surface area contributed by atoms with Gasteiger partial charge in [-0.1, -0.05) is 20.3 Å². The lowest BCUT2D eigenvalue weighted by Crippen LogP contribution is -2.56. The van der Waals surface area contributed by atoms with E-state index in [0.717, 1.165) is 6.26 Å². The number of carbonyl (C=O) groups excluding carboxylic acids is 1. The zero-order valence-corrected chi connectivity index (χ0v) is 13.4. The largest absolute Gasteiger partial charge is 0.480 e. The molecule has 1 saturated heterocycles. The minimum Gasteiger partial charge on any atom is -0.480 e. The van der Waals surface area contributed by atoms with Crippen molar-refractivity contribution in [3.8, 4) is 0 Å². The molecule has 1 aliphatic rings. The minimum absolute atomic E-state index is 0.177. The van der Waals surface area contributed by atoms with Gasteiger partial charge in [0.2, 0.25) is 10.0 Å². The van der Waals surface area contributed by atoms with E-state index in [-0.39, 0.29) is 32.1 Å². The molecule has 1 aliphatic heterocycles. The maximum atomic E-state index is 12.1. The number of carboxylic acid groups (broad SMARTS) is 1. The van der Waals surface area contributed by atoms with Crippen molar-refractivity contribution in [2.75, 3.05) is 32.4 Å². The lowest BCUT2D eigenvalue weighted by Gasteiger charge is -2.34. The summed E-state index contributed by atoms with van der Waals surface area (Å²) in [6.45, 7) is 4.59. The Kier molecular flexibility index (Phi) is 5.97. The molecule has 1 unspecified atom stereocenters. The highest BCUT2D eigenvalue weighted by atomic mass is 32.2. The summed E-state index contributed by atoms with van der Waals surface area (Å²) in [7, 11) is -3.25. The van der Waals surface area contributed by atoms with Crippen molar-refractivity contribution >= 4 is 22.0 Å². The molecule has 0 aromatic carbocycles. The number of carboxylic acids is 1. The van der Waals surface area contributed by atoms with Gasteiger partial charge in [-0.3, -0.25) is 0 Å². The summed E-state index contributed by atoms with van der Waals surface area (Å²) < 4.78 is 24.1. The topological polar surface area (TPSA) is 107 Å². The molecule has 0 aromatic rings. The number of hydrogen-bond acceptors (Lipinski definition) is 4. The van der Waals surface area contributed by atoms with Gasteiger partial charge in [0.1, 0.15) is 6.04 Å². The van der Waals surface area contributed by atoms with E-state index in [1.54, 1.807) is 6.92 Å². The highest BCUT2D eigenvalue weighted by Gasteiger charge is 2.30. The quantitative estimate of drug-likeness (QED) is 0.727. The van der Waals surface area contributed by atoms with Gasteiger partial charge in [0.25, 0.3) is 0 Å². The SMILES string of the molecule is CCC(C)[C@H](NC(=O)N1CCN(S(C)(=O)=O)CC1)C(=O)O. The third-order valence-electron chi connectivity index (χ3n) is 3.75. The van der Waals surface area contributed by atoms with Crippen molar-refractivity contribution in [1.82, 2.24) is 14.5 Å². The molecule has 0 radical (unpaired) electrons. The minimum atomic E-state index is -3.25. The van der Waals surface area contributed by atoms with Gasteiger partial charge in [0.05, 0.1) is 6.26 Å². The average Bonchev–Trinajstić information content (AvgIpc) is 2.42. The molecule has 2 amide bonds. The molecular weight excluding hydrogens is 298 g/mol. The zero-order chi connectivity index (χ0) is 16.2. The van der Waals surface area contributed by atoms with Gasteiger partial charge in [-0.05, 0) is 5.92 Å². The third-order valence-corrected chi connectivity index (χ3v) is 5.06. The smallest absolute Gasteiger partial charge is 0.326 e. The highest BCUT2D eigenvalue weighted by Crippen LogP contribution is 2.10. The zero-order valence-electron chi connectivity index (χ0n) is 12.6. The number of nitrogens with one attached hydrogen (secondary N) is 1. The van der Waals surface area contributed by atoms with Crippen LogP contribution in [0.4, 0.5) is 4.79 Å². The van der Waals surface area contributed by atoms with Crippen molar-refractivity contribution in [3.05, 3.63) is 0 Å². The van der Waals surface area contributed by atoms with E-state index in [2.05, 4.69) is 5.32 Å². The predicted octanol–water partition coefficient (Wildman–Crippen LogP) is -0.227. The van der Waals surface area contributed by atoms with E-state index in [1.807, 2.05) is 6.92 Å². The maximum absolute atomic E-state index is 12.1. The van der Waals surface area contributed by atoms with Crippen molar-refractivity contribution < 1.29 is 23.1 Å². The van der Waals surface area contributed by atoms with Gasteiger partial charge >= 0.3 is 12.0 Å². The van der Waals surface area contributed by atoms with Crippen LogP contribution >= 0.6 is 0 Å². The van der Waals surface area contributed by atoms with Crippen molar-refractivity contribution in [1.29, 1.82) is 0 Å². The van der Waals surface area contributed by atoms with Crippen LogP contribution in [-0.4, -0.2) is 73.2 Å². The summed E-state index contributed by atoms with van der Waals surface area (Å²) in [5.41, 5.74) is 0. The van der Waals surface area contributed by atoms with Crippen molar-refractivity contribution in [3.63, 3.8) is 0 Å². The Hall–Kier alpha value is -1.35. The molecule has 21 heavy (non-hydrogen) atoms. The van der Waals surface area contributed by atoms with Gasteiger partial charge < -0.3 is 15.3 Å². The lowest BCUT2D eigenvalue weighted by molar-refractivity contribution is -0.140. The van der Waals surface area contributed by atoms with Gasteiger partial charge in [0.15, 0.2) is 0 Å². The molecule has 1 heterocycles. The Morgan fingerprint density at radius 1 is 1.24 bits per heavy atom. The number of nitrogens with zero attached hydrogens (tertiary/aromatic N) is 2. The molecule has 2 atom stereocenters. The van der Waals surface area contributed by atoms with Crippen LogP contribution in [0.5, 0.6) is 0 Å². The van der Waals surface area contributed by atoms with E-state index < -0.39 is 28.1 Å². The van der Waals surface area contributed by atoms with Crippen LogP contribution in [0, 0.1) is 5.92 Å². The lowest BCUT2D eigenvalue weighted by atomic mass is 9.99. The van der Waals surface area contributed by atoms with Gasteiger partial charge in [-0.2, -0.15) is 4.31 Å². The predicted molar refractivity (Wildman–Crippen MR) is 77.4 cm³/mol. The Balaban J connectivity index is 2.59. The van der Waals surface area contributed by atoms with Crippen molar-refractivity contribution in [2.24, 2.45) is 5.92 Å². The number of urea groups is 1. The van der Waals surface area contributed by atoms with E-state index >= 15 is 0 Å². The molecule has 1 fully saturated rings. The number of amides is 2. The number of rotatable bonds is 5. The number of piperazine rings is 1. The van der Waals surface area contributed by atoms with E-state index in [0.29, 0.717) is 6.42 Å². The molecule has 2 N–H and O–H groups in total. The van der Waals surface area contributed by atoms with Crippen LogP contribution in [0.3, 0.4) is 0 Å². The number of hydrogen-bond donors (Lipinski definition) is 2. The summed E-state index contributed by atoms with van der Waals surface area (Å²) in [5, 5.41) is 11.7. The Morgan fingerprint density at radius 3 is 2.14 bits per heavy atom. The fourth-order valence-electron chi connectivity index (χ4n) is 2.13. The van der Waals surface area contributed by atoms with Crippen LogP contribution in [0.1, 0.15) is 20.3 Å². The fraction of sp³-hybridized carbons (Fsp3) is 0.833. The van der Waals surface area contributed by atoms with Crippen molar-refractivity contribution in [2.45, 2.75) is 26.3 Å². The Labute approximate surface area is 125 Å². The molecule has 122 valence electrons. The van der Waals surface area contributed by atoms with Crippen LogP contribution < -0.4 is 5.32 Å². The van der Waals surface area contributed by atoms with Crippen LogP contribution in [0.25, 0.3) is 0 Å². The second kappa shape index (κ2) is 7.08.